The Morgan fingerprint density at radius 2 is 2.25 bits per heavy atom. The van der Waals surface area contributed by atoms with Gasteiger partial charge in [0.1, 0.15) is 5.92 Å². The zero-order chi connectivity index (χ0) is 6.15. The lowest BCUT2D eigenvalue weighted by atomic mass is 10.1. The zero-order valence-corrected chi connectivity index (χ0v) is 4.51. The molecule has 0 bridgehead atoms. The van der Waals surface area contributed by atoms with Crippen molar-refractivity contribution in [1.82, 2.24) is 0 Å². The van der Waals surface area contributed by atoms with Gasteiger partial charge < -0.3 is 4.74 Å². The average Bonchev–Trinajstić information content (AvgIpc) is 1.98. The van der Waals surface area contributed by atoms with Gasteiger partial charge in [0.05, 0.1) is 0 Å². The van der Waals surface area contributed by atoms with Crippen molar-refractivity contribution >= 4 is 11.8 Å². The summed E-state index contributed by atoms with van der Waals surface area (Å²) in [7, 11) is 0. The second kappa shape index (κ2) is 1.58. The Kier molecular flexibility index (Phi) is 1.04. The second-order valence-electron chi connectivity index (χ2n) is 1.80. The minimum atomic E-state index is -0.519. The Hall–Kier alpha value is -0.860. The fourth-order valence-corrected chi connectivity index (χ4v) is 0.524. The predicted octanol–water partition coefficient (Wildman–Crippen LogP) is -0.252. The van der Waals surface area contributed by atoms with Crippen LogP contribution in [0.15, 0.2) is 0 Å². The SMILES string of the molecule is C[C@@H]1C(=O)COC1=O. The normalized spacial score (nSPS) is 28.4. The number of carbonyl (C=O) groups is 2. The van der Waals surface area contributed by atoms with Crippen LogP contribution in [0.1, 0.15) is 6.92 Å². The first-order valence-corrected chi connectivity index (χ1v) is 2.41. The van der Waals surface area contributed by atoms with Crippen molar-refractivity contribution in [2.75, 3.05) is 6.61 Å². The molecule has 0 N–H and O–H groups in total. The molecule has 0 radical (unpaired) electrons. The molecule has 3 nitrogen and oxygen atoms in total. The minimum absolute atomic E-state index is 0.0278. The number of ketones is 1. The molecule has 1 aliphatic heterocycles. The van der Waals surface area contributed by atoms with E-state index >= 15 is 0 Å². The molecule has 1 atom stereocenters. The highest BCUT2D eigenvalue weighted by Gasteiger charge is 2.30. The Labute approximate surface area is 46.6 Å². The first-order chi connectivity index (χ1) is 3.72. The van der Waals surface area contributed by atoms with Gasteiger partial charge in [-0.15, -0.1) is 0 Å². The summed E-state index contributed by atoms with van der Waals surface area (Å²) in [6, 6.07) is 0. The molecular weight excluding hydrogens is 108 g/mol. The zero-order valence-electron chi connectivity index (χ0n) is 4.51. The number of hydrogen-bond donors (Lipinski definition) is 0. The van der Waals surface area contributed by atoms with E-state index in [1.807, 2.05) is 0 Å². The molecule has 3 heteroatoms. The van der Waals surface area contributed by atoms with E-state index in [0.717, 1.165) is 0 Å². The first-order valence-electron chi connectivity index (χ1n) is 2.41. The van der Waals surface area contributed by atoms with Crippen LogP contribution in [0.25, 0.3) is 0 Å². The number of ether oxygens (including phenoxy) is 1. The predicted molar refractivity (Wildman–Crippen MR) is 25.1 cm³/mol. The third-order valence-electron chi connectivity index (χ3n) is 1.19. The Bertz CT molecular complexity index is 123. The largest absolute Gasteiger partial charge is 0.457 e. The van der Waals surface area contributed by atoms with Gasteiger partial charge in [-0.3, -0.25) is 9.59 Å². The van der Waals surface area contributed by atoms with Gasteiger partial charge in [-0.2, -0.15) is 0 Å². The average molecular weight is 114 g/mol. The molecule has 8 heavy (non-hydrogen) atoms. The molecule has 0 unspecified atom stereocenters. The fraction of sp³-hybridized carbons (Fsp3) is 0.600. The number of carbonyl (C=O) groups excluding carboxylic acids is 2. The van der Waals surface area contributed by atoms with Crippen molar-refractivity contribution in [3.05, 3.63) is 0 Å². The Morgan fingerprint density at radius 1 is 1.62 bits per heavy atom. The van der Waals surface area contributed by atoms with Gasteiger partial charge in [0.15, 0.2) is 12.4 Å². The van der Waals surface area contributed by atoms with Crippen molar-refractivity contribution in [3.63, 3.8) is 0 Å². The van der Waals surface area contributed by atoms with Crippen LogP contribution in [-0.4, -0.2) is 18.4 Å². The summed E-state index contributed by atoms with van der Waals surface area (Å²) in [5.74, 6) is -1.03. The highest BCUT2D eigenvalue weighted by molar-refractivity contribution is 6.04. The lowest BCUT2D eigenvalue weighted by molar-refractivity contribution is -0.140. The van der Waals surface area contributed by atoms with E-state index in [4.69, 9.17) is 0 Å². The highest BCUT2D eigenvalue weighted by Crippen LogP contribution is 2.07. The number of esters is 1. The van der Waals surface area contributed by atoms with Crippen LogP contribution in [-0.2, 0) is 14.3 Å². The van der Waals surface area contributed by atoms with Gasteiger partial charge in [-0.05, 0) is 6.92 Å². The maximum atomic E-state index is 10.4. The summed E-state index contributed by atoms with van der Waals surface area (Å²) >= 11 is 0. The molecule has 1 saturated heterocycles. The molecule has 44 valence electrons. The van der Waals surface area contributed by atoms with Gasteiger partial charge in [-0.1, -0.05) is 0 Å². The van der Waals surface area contributed by atoms with Crippen molar-refractivity contribution in [3.8, 4) is 0 Å². The molecular formula is C5H6O3. The first kappa shape index (κ1) is 5.28. The fourth-order valence-electron chi connectivity index (χ4n) is 0.524. The van der Waals surface area contributed by atoms with Crippen molar-refractivity contribution < 1.29 is 14.3 Å². The van der Waals surface area contributed by atoms with Crippen molar-refractivity contribution in [1.29, 1.82) is 0 Å². The van der Waals surface area contributed by atoms with Crippen LogP contribution in [0.2, 0.25) is 0 Å². The van der Waals surface area contributed by atoms with Gasteiger partial charge in [0.2, 0.25) is 0 Å². The van der Waals surface area contributed by atoms with E-state index in [9.17, 15) is 9.59 Å². The van der Waals surface area contributed by atoms with Crippen LogP contribution in [0.3, 0.4) is 0 Å². The van der Waals surface area contributed by atoms with Gasteiger partial charge in [-0.25, -0.2) is 0 Å². The summed E-state index contributed by atoms with van der Waals surface area (Å²) in [6.45, 7) is 1.53. The number of cyclic esters (lactones) is 1. The Morgan fingerprint density at radius 3 is 2.38 bits per heavy atom. The number of hydrogen-bond acceptors (Lipinski definition) is 3. The maximum absolute atomic E-state index is 10.4. The standard InChI is InChI=1S/C5H6O3/c1-3-4(6)2-8-5(3)7/h3H,2H2,1H3/t3-/m1/s1. The van der Waals surface area contributed by atoms with E-state index in [0.29, 0.717) is 0 Å². The third-order valence-corrected chi connectivity index (χ3v) is 1.19. The lowest BCUT2D eigenvalue weighted by Crippen LogP contribution is -2.09. The van der Waals surface area contributed by atoms with Crippen LogP contribution in [0, 0.1) is 5.92 Å². The maximum Gasteiger partial charge on any atom is 0.316 e. The monoisotopic (exact) mass is 114 g/mol. The quantitative estimate of drug-likeness (QED) is 0.322. The van der Waals surface area contributed by atoms with Crippen LogP contribution in [0.5, 0.6) is 0 Å². The molecule has 0 saturated carbocycles. The third kappa shape index (κ3) is 0.598. The van der Waals surface area contributed by atoms with Gasteiger partial charge in [0, 0.05) is 0 Å². The van der Waals surface area contributed by atoms with Crippen molar-refractivity contribution in [2.45, 2.75) is 6.92 Å². The summed E-state index contributed by atoms with van der Waals surface area (Å²) < 4.78 is 4.39. The van der Waals surface area contributed by atoms with E-state index in [-0.39, 0.29) is 12.4 Å². The highest BCUT2D eigenvalue weighted by atomic mass is 16.5. The topological polar surface area (TPSA) is 43.4 Å². The molecule has 1 aliphatic rings. The lowest BCUT2D eigenvalue weighted by Gasteiger charge is -1.87. The second-order valence-corrected chi connectivity index (χ2v) is 1.80. The van der Waals surface area contributed by atoms with Crippen LogP contribution in [0.4, 0.5) is 0 Å². The summed E-state index contributed by atoms with van der Waals surface area (Å²) in [4.78, 5) is 20.8. The Balaban J connectivity index is 2.70. The molecule has 0 aromatic heterocycles. The molecule has 0 aliphatic carbocycles. The van der Waals surface area contributed by atoms with Gasteiger partial charge in [0.25, 0.3) is 0 Å². The van der Waals surface area contributed by atoms with Crippen LogP contribution >= 0.6 is 0 Å². The molecule has 0 spiro atoms. The summed E-state index contributed by atoms with van der Waals surface area (Å²) in [5.41, 5.74) is 0. The molecule has 1 heterocycles. The van der Waals surface area contributed by atoms with Crippen LogP contribution < -0.4 is 0 Å². The minimum Gasteiger partial charge on any atom is -0.457 e. The van der Waals surface area contributed by atoms with Gasteiger partial charge >= 0.3 is 5.97 Å². The van der Waals surface area contributed by atoms with E-state index in [1.54, 1.807) is 6.92 Å². The molecule has 0 aromatic carbocycles. The molecule has 1 fully saturated rings. The molecule has 0 aromatic rings. The van der Waals surface area contributed by atoms with E-state index in [2.05, 4.69) is 4.74 Å². The number of Topliss-reactive ketones (excluding diaryl/α,β-unsaturated/α-hetero) is 1. The van der Waals surface area contributed by atoms with E-state index < -0.39 is 11.9 Å². The smallest absolute Gasteiger partial charge is 0.316 e. The van der Waals surface area contributed by atoms with E-state index in [1.165, 1.54) is 0 Å². The summed E-state index contributed by atoms with van der Waals surface area (Å²) in [6.07, 6.45) is 0. The number of rotatable bonds is 0. The molecule has 1 rings (SSSR count). The molecule has 0 amide bonds. The summed E-state index contributed by atoms with van der Waals surface area (Å²) in [5, 5.41) is 0. The van der Waals surface area contributed by atoms with Crippen molar-refractivity contribution in [2.24, 2.45) is 5.92 Å².